The molecule has 1 amide bonds. The maximum Gasteiger partial charge on any atom is 0.263 e. The quantitative estimate of drug-likeness (QED) is 0.748. The Bertz CT molecular complexity index is 593. The number of hydrogen-bond acceptors (Lipinski definition) is 4. The van der Waals surface area contributed by atoms with Crippen molar-refractivity contribution in [3.8, 4) is 11.5 Å². The monoisotopic (exact) mass is 333 g/mol. The van der Waals surface area contributed by atoms with Crippen molar-refractivity contribution < 1.29 is 19.1 Å². The molecule has 1 fully saturated rings. The molecule has 0 saturated heterocycles. The third-order valence-corrected chi connectivity index (χ3v) is 4.69. The molecule has 1 aromatic rings. The normalized spacial score (nSPS) is 16.3. The molecule has 132 valence electrons. The molecule has 1 unspecified atom stereocenters. The molecule has 0 radical (unpaired) electrons. The molecule has 24 heavy (non-hydrogen) atoms. The van der Waals surface area contributed by atoms with Crippen molar-refractivity contribution >= 4 is 11.7 Å². The molecule has 0 spiro atoms. The number of amides is 1. The van der Waals surface area contributed by atoms with Crippen LogP contribution in [0.4, 0.5) is 0 Å². The molecule has 1 atom stereocenters. The Morgan fingerprint density at radius 1 is 1.21 bits per heavy atom. The molecule has 1 aliphatic carbocycles. The molecule has 0 heterocycles. The number of Topliss-reactive ketones (excluding diaryl/α,β-unsaturated/α-hetero) is 1. The van der Waals surface area contributed by atoms with Crippen LogP contribution in [0.1, 0.15) is 56.3 Å². The van der Waals surface area contributed by atoms with E-state index in [1.54, 1.807) is 37.1 Å². The van der Waals surface area contributed by atoms with Crippen LogP contribution in [-0.4, -0.2) is 42.9 Å². The Morgan fingerprint density at radius 2 is 1.88 bits per heavy atom. The van der Waals surface area contributed by atoms with Crippen LogP contribution in [0.25, 0.3) is 0 Å². The summed E-state index contributed by atoms with van der Waals surface area (Å²) >= 11 is 0. The first-order valence-electron chi connectivity index (χ1n) is 8.56. The molecule has 1 saturated carbocycles. The van der Waals surface area contributed by atoms with E-state index >= 15 is 0 Å². The van der Waals surface area contributed by atoms with Crippen LogP contribution >= 0.6 is 0 Å². The maximum atomic E-state index is 12.7. The van der Waals surface area contributed by atoms with Crippen molar-refractivity contribution in [2.75, 3.05) is 14.2 Å². The van der Waals surface area contributed by atoms with E-state index in [1.165, 1.54) is 26.2 Å². The molecule has 0 aliphatic heterocycles. The van der Waals surface area contributed by atoms with E-state index in [-0.39, 0.29) is 17.7 Å². The lowest BCUT2D eigenvalue weighted by Gasteiger charge is -2.33. The van der Waals surface area contributed by atoms with Crippen LogP contribution in [-0.2, 0) is 4.79 Å². The first kappa shape index (κ1) is 18.3. The lowest BCUT2D eigenvalue weighted by Crippen LogP contribution is -2.44. The number of rotatable bonds is 6. The summed E-state index contributed by atoms with van der Waals surface area (Å²) in [5.41, 5.74) is 0.454. The summed E-state index contributed by atoms with van der Waals surface area (Å²) in [6.07, 6.45) is 5.03. The van der Waals surface area contributed by atoms with Gasteiger partial charge in [0.1, 0.15) is 11.5 Å². The van der Waals surface area contributed by atoms with Gasteiger partial charge in [-0.25, -0.2) is 0 Å². The third-order valence-electron chi connectivity index (χ3n) is 4.69. The largest absolute Gasteiger partial charge is 0.497 e. The summed E-state index contributed by atoms with van der Waals surface area (Å²) in [6, 6.07) is 5.32. The van der Waals surface area contributed by atoms with Gasteiger partial charge in [-0.15, -0.1) is 0 Å². The molecule has 0 aromatic heterocycles. The van der Waals surface area contributed by atoms with Crippen LogP contribution < -0.4 is 9.47 Å². The fourth-order valence-corrected chi connectivity index (χ4v) is 3.19. The molecule has 1 aromatic carbocycles. The van der Waals surface area contributed by atoms with Crippen LogP contribution in [0.3, 0.4) is 0 Å². The standard InChI is InChI=1S/C19H27NO4/c1-13(21)17-11-10-16(23-4)12-18(17)24-14(2)19(22)20(3)15-8-6-5-7-9-15/h10-12,14-15H,5-9H2,1-4H3. The summed E-state index contributed by atoms with van der Waals surface area (Å²) in [5.74, 6) is 0.821. The number of ether oxygens (including phenoxy) is 2. The maximum absolute atomic E-state index is 12.7. The average Bonchev–Trinajstić information content (AvgIpc) is 2.60. The van der Waals surface area contributed by atoms with E-state index in [1.807, 2.05) is 7.05 Å². The number of benzene rings is 1. The average molecular weight is 333 g/mol. The molecule has 0 bridgehead atoms. The molecular weight excluding hydrogens is 306 g/mol. The van der Waals surface area contributed by atoms with E-state index in [2.05, 4.69) is 0 Å². The number of ketones is 1. The molecular formula is C19H27NO4. The van der Waals surface area contributed by atoms with E-state index in [0.717, 1.165) is 12.8 Å². The minimum Gasteiger partial charge on any atom is -0.497 e. The zero-order valence-corrected chi connectivity index (χ0v) is 15.0. The number of carbonyl (C=O) groups is 2. The minimum atomic E-state index is -0.651. The summed E-state index contributed by atoms with van der Waals surface area (Å²) in [7, 11) is 3.40. The third kappa shape index (κ3) is 4.28. The fourth-order valence-electron chi connectivity index (χ4n) is 3.19. The first-order valence-corrected chi connectivity index (χ1v) is 8.56. The molecule has 1 aliphatic rings. The zero-order chi connectivity index (χ0) is 17.7. The van der Waals surface area contributed by atoms with Gasteiger partial charge in [-0.05, 0) is 38.8 Å². The summed E-state index contributed by atoms with van der Waals surface area (Å²) in [5, 5.41) is 0. The van der Waals surface area contributed by atoms with Gasteiger partial charge in [-0.2, -0.15) is 0 Å². The van der Waals surface area contributed by atoms with E-state index in [4.69, 9.17) is 9.47 Å². The highest BCUT2D eigenvalue weighted by Gasteiger charge is 2.27. The highest BCUT2D eigenvalue weighted by Crippen LogP contribution is 2.27. The van der Waals surface area contributed by atoms with Crippen molar-refractivity contribution in [2.45, 2.75) is 58.1 Å². The van der Waals surface area contributed by atoms with E-state index in [9.17, 15) is 9.59 Å². The summed E-state index contributed by atoms with van der Waals surface area (Å²) < 4.78 is 11.0. The molecule has 0 N–H and O–H groups in total. The van der Waals surface area contributed by atoms with Gasteiger partial charge in [0, 0.05) is 19.2 Å². The number of likely N-dealkylation sites (N-methyl/N-ethyl adjacent to an activating group) is 1. The highest BCUT2D eigenvalue weighted by atomic mass is 16.5. The van der Waals surface area contributed by atoms with Gasteiger partial charge < -0.3 is 14.4 Å². The van der Waals surface area contributed by atoms with Crippen molar-refractivity contribution in [2.24, 2.45) is 0 Å². The second-order valence-electron chi connectivity index (χ2n) is 6.42. The van der Waals surface area contributed by atoms with Gasteiger partial charge in [0.25, 0.3) is 5.91 Å². The van der Waals surface area contributed by atoms with Crippen molar-refractivity contribution in [3.63, 3.8) is 0 Å². The van der Waals surface area contributed by atoms with Crippen LogP contribution in [0.5, 0.6) is 11.5 Å². The van der Waals surface area contributed by atoms with Crippen molar-refractivity contribution in [1.29, 1.82) is 0 Å². The lowest BCUT2D eigenvalue weighted by molar-refractivity contribution is -0.139. The second-order valence-corrected chi connectivity index (χ2v) is 6.42. The second kappa shape index (κ2) is 8.18. The Kier molecular flexibility index (Phi) is 6.23. The van der Waals surface area contributed by atoms with E-state index in [0.29, 0.717) is 17.1 Å². The van der Waals surface area contributed by atoms with Gasteiger partial charge in [0.2, 0.25) is 0 Å². The minimum absolute atomic E-state index is 0.0563. The van der Waals surface area contributed by atoms with Crippen LogP contribution in [0.15, 0.2) is 18.2 Å². The van der Waals surface area contributed by atoms with Gasteiger partial charge in [0.15, 0.2) is 11.9 Å². The summed E-state index contributed by atoms with van der Waals surface area (Å²) in [4.78, 5) is 26.3. The Hall–Kier alpha value is -2.04. The predicted molar refractivity (Wildman–Crippen MR) is 92.7 cm³/mol. The number of hydrogen-bond donors (Lipinski definition) is 0. The number of carbonyl (C=O) groups excluding carboxylic acids is 2. The number of nitrogens with zero attached hydrogens (tertiary/aromatic N) is 1. The lowest BCUT2D eigenvalue weighted by atomic mass is 9.94. The molecule has 2 rings (SSSR count). The highest BCUT2D eigenvalue weighted by molar-refractivity contribution is 5.97. The van der Waals surface area contributed by atoms with Crippen molar-refractivity contribution in [1.82, 2.24) is 4.90 Å². The zero-order valence-electron chi connectivity index (χ0n) is 15.0. The Morgan fingerprint density at radius 3 is 2.46 bits per heavy atom. The molecule has 5 heteroatoms. The summed E-state index contributed by atoms with van der Waals surface area (Å²) in [6.45, 7) is 3.21. The predicted octanol–water partition coefficient (Wildman–Crippen LogP) is 3.46. The first-order chi connectivity index (χ1) is 11.4. The van der Waals surface area contributed by atoms with E-state index < -0.39 is 6.10 Å². The van der Waals surface area contributed by atoms with Gasteiger partial charge in [0.05, 0.1) is 12.7 Å². The molecule has 5 nitrogen and oxygen atoms in total. The fraction of sp³-hybridized carbons (Fsp3) is 0.579. The Labute approximate surface area is 143 Å². The topological polar surface area (TPSA) is 55.8 Å². The number of methoxy groups -OCH3 is 1. The van der Waals surface area contributed by atoms with Crippen LogP contribution in [0.2, 0.25) is 0 Å². The van der Waals surface area contributed by atoms with Crippen molar-refractivity contribution in [3.05, 3.63) is 23.8 Å². The van der Waals surface area contributed by atoms with Crippen LogP contribution in [0, 0.1) is 0 Å². The Balaban J connectivity index is 2.11. The van der Waals surface area contributed by atoms with Gasteiger partial charge in [-0.1, -0.05) is 19.3 Å². The SMILES string of the molecule is COc1ccc(C(C)=O)c(OC(C)C(=O)N(C)C2CCCCC2)c1. The van der Waals surface area contributed by atoms with Gasteiger partial charge in [-0.3, -0.25) is 9.59 Å². The smallest absolute Gasteiger partial charge is 0.263 e. The van der Waals surface area contributed by atoms with Gasteiger partial charge >= 0.3 is 0 Å².